The molecule has 5 nitrogen and oxygen atoms in total. The number of H-pyrrole nitrogens is 1. The number of allylic oxidation sites excluding steroid dienone is 1. The molecule has 0 radical (unpaired) electrons. The van der Waals surface area contributed by atoms with E-state index >= 15 is 0 Å². The van der Waals surface area contributed by atoms with Gasteiger partial charge in [0, 0.05) is 24.1 Å². The average molecular weight is 287 g/mol. The van der Waals surface area contributed by atoms with Gasteiger partial charge in [-0.15, -0.1) is 0 Å². The normalized spacial score (nSPS) is 20.6. The zero-order valence-electron chi connectivity index (χ0n) is 10.4. The van der Waals surface area contributed by atoms with Crippen LogP contribution in [0.5, 0.6) is 0 Å². The molecule has 1 aromatic rings. The smallest absolute Gasteiger partial charge is 0.433 e. The summed E-state index contributed by atoms with van der Waals surface area (Å²) in [7, 11) is 0. The molecule has 108 valence electrons. The standard InChI is InChI=1S/C12H12F3N3O2/c13-12(14,15)9-8(4-16-17-9)1-7-2-11(3-7)5-18(6-11)10(19)20/h1,4H,2-3,5-6H2,(H,16,17)(H,19,20). The van der Waals surface area contributed by atoms with Crippen molar-refractivity contribution in [2.45, 2.75) is 19.0 Å². The molecule has 1 amide bonds. The molecule has 1 aliphatic carbocycles. The highest BCUT2D eigenvalue weighted by Gasteiger charge is 2.51. The number of nitrogens with zero attached hydrogens (tertiary/aromatic N) is 2. The van der Waals surface area contributed by atoms with Gasteiger partial charge in [-0.25, -0.2) is 4.79 Å². The van der Waals surface area contributed by atoms with E-state index in [9.17, 15) is 18.0 Å². The summed E-state index contributed by atoms with van der Waals surface area (Å²) in [5, 5.41) is 14.2. The van der Waals surface area contributed by atoms with Crippen LogP contribution in [0, 0.1) is 5.41 Å². The topological polar surface area (TPSA) is 69.2 Å². The van der Waals surface area contributed by atoms with Crippen LogP contribution in [-0.2, 0) is 6.18 Å². The van der Waals surface area contributed by atoms with Gasteiger partial charge in [0.15, 0.2) is 0 Å². The second-order valence-electron chi connectivity index (χ2n) is 5.49. The van der Waals surface area contributed by atoms with E-state index in [4.69, 9.17) is 5.11 Å². The Balaban J connectivity index is 1.66. The van der Waals surface area contributed by atoms with Gasteiger partial charge in [-0.1, -0.05) is 11.6 Å². The summed E-state index contributed by atoms with van der Waals surface area (Å²) in [5.74, 6) is 0. The lowest BCUT2D eigenvalue weighted by Gasteiger charge is -2.55. The van der Waals surface area contributed by atoms with Crippen LogP contribution < -0.4 is 0 Å². The van der Waals surface area contributed by atoms with Gasteiger partial charge in [-0.05, 0) is 12.8 Å². The molecule has 1 saturated carbocycles. The van der Waals surface area contributed by atoms with Gasteiger partial charge in [0.1, 0.15) is 5.69 Å². The van der Waals surface area contributed by atoms with E-state index in [0.717, 1.165) is 11.8 Å². The summed E-state index contributed by atoms with van der Waals surface area (Å²) < 4.78 is 38.0. The van der Waals surface area contributed by atoms with Crippen molar-refractivity contribution in [1.82, 2.24) is 15.1 Å². The van der Waals surface area contributed by atoms with Gasteiger partial charge in [0.25, 0.3) is 0 Å². The molecule has 0 bridgehead atoms. The highest BCUT2D eigenvalue weighted by Crippen LogP contribution is 2.52. The van der Waals surface area contributed by atoms with Crippen LogP contribution in [0.15, 0.2) is 11.8 Å². The predicted octanol–water partition coefficient (Wildman–Crippen LogP) is 2.59. The Morgan fingerprint density at radius 3 is 2.65 bits per heavy atom. The highest BCUT2D eigenvalue weighted by atomic mass is 19.4. The number of rotatable bonds is 1. The van der Waals surface area contributed by atoms with Crippen molar-refractivity contribution in [3.8, 4) is 0 Å². The van der Waals surface area contributed by atoms with E-state index in [-0.39, 0.29) is 11.0 Å². The highest BCUT2D eigenvalue weighted by molar-refractivity contribution is 5.67. The summed E-state index contributed by atoms with van der Waals surface area (Å²) in [6.07, 6.45) is -1.42. The van der Waals surface area contributed by atoms with E-state index in [1.54, 1.807) is 0 Å². The van der Waals surface area contributed by atoms with Crippen LogP contribution in [-0.4, -0.2) is 39.4 Å². The predicted molar refractivity (Wildman–Crippen MR) is 62.8 cm³/mol. The van der Waals surface area contributed by atoms with Crippen LogP contribution in [0.3, 0.4) is 0 Å². The first-order valence-corrected chi connectivity index (χ1v) is 6.07. The zero-order valence-corrected chi connectivity index (χ0v) is 10.4. The number of nitrogens with one attached hydrogen (secondary N) is 1. The lowest BCUT2D eigenvalue weighted by molar-refractivity contribution is -0.141. The second-order valence-corrected chi connectivity index (χ2v) is 5.49. The number of aromatic amines is 1. The largest absolute Gasteiger partial charge is 0.465 e. The SMILES string of the molecule is O=C(O)N1CC2(CC(=Cc3cn[nH]c3C(F)(F)F)C2)C1. The molecule has 1 aliphatic heterocycles. The van der Waals surface area contributed by atoms with Gasteiger partial charge in [0.2, 0.25) is 0 Å². The molecule has 8 heteroatoms. The molecule has 3 rings (SSSR count). The summed E-state index contributed by atoms with van der Waals surface area (Å²) in [4.78, 5) is 12.0. The Kier molecular flexibility index (Phi) is 2.60. The lowest BCUT2D eigenvalue weighted by Crippen LogP contribution is -2.61. The van der Waals surface area contributed by atoms with E-state index in [2.05, 4.69) is 5.10 Å². The Morgan fingerprint density at radius 1 is 1.45 bits per heavy atom. The molecule has 2 fully saturated rings. The molecule has 20 heavy (non-hydrogen) atoms. The van der Waals surface area contributed by atoms with Crippen molar-refractivity contribution in [1.29, 1.82) is 0 Å². The van der Waals surface area contributed by atoms with Gasteiger partial charge < -0.3 is 10.0 Å². The first-order valence-electron chi connectivity index (χ1n) is 6.07. The monoisotopic (exact) mass is 287 g/mol. The van der Waals surface area contributed by atoms with Crippen LogP contribution in [0.2, 0.25) is 0 Å². The number of carbonyl (C=O) groups is 1. The van der Waals surface area contributed by atoms with Crippen molar-refractivity contribution < 1.29 is 23.1 Å². The number of likely N-dealkylation sites (tertiary alicyclic amines) is 1. The van der Waals surface area contributed by atoms with Crippen molar-refractivity contribution in [2.75, 3.05) is 13.1 Å². The molecule has 1 aromatic heterocycles. The maximum absolute atomic E-state index is 12.7. The molecule has 1 saturated heterocycles. The third kappa shape index (κ3) is 2.04. The summed E-state index contributed by atoms with van der Waals surface area (Å²) in [6.45, 7) is 0.939. The molecule has 1 spiro atoms. The summed E-state index contributed by atoms with van der Waals surface area (Å²) in [5.41, 5.74) is 0.0530. The van der Waals surface area contributed by atoms with E-state index in [1.165, 1.54) is 11.0 Å². The third-order valence-electron chi connectivity index (χ3n) is 3.84. The number of hydrogen-bond acceptors (Lipinski definition) is 2. The van der Waals surface area contributed by atoms with Gasteiger partial charge >= 0.3 is 12.3 Å². The number of halogens is 3. The van der Waals surface area contributed by atoms with Crippen LogP contribution in [0.4, 0.5) is 18.0 Å². The fourth-order valence-corrected chi connectivity index (χ4v) is 2.99. The molecule has 2 aliphatic rings. The maximum atomic E-state index is 12.7. The molecular weight excluding hydrogens is 275 g/mol. The molecule has 0 aromatic carbocycles. The molecule has 0 atom stereocenters. The molecule has 0 unspecified atom stereocenters. The van der Waals surface area contributed by atoms with E-state index < -0.39 is 18.0 Å². The van der Waals surface area contributed by atoms with Crippen molar-refractivity contribution in [3.05, 3.63) is 23.0 Å². The fraction of sp³-hybridized carbons (Fsp3) is 0.500. The Morgan fingerprint density at radius 2 is 2.10 bits per heavy atom. The zero-order chi connectivity index (χ0) is 14.5. The Bertz CT molecular complexity index is 575. The number of hydrogen-bond donors (Lipinski definition) is 2. The molecule has 2 N–H and O–H groups in total. The first-order chi connectivity index (χ1) is 9.29. The van der Waals surface area contributed by atoms with Gasteiger partial charge in [-0.3, -0.25) is 5.10 Å². The number of amides is 1. The fourth-order valence-electron chi connectivity index (χ4n) is 2.99. The van der Waals surface area contributed by atoms with Gasteiger partial charge in [0.05, 0.1) is 6.20 Å². The quantitative estimate of drug-likeness (QED) is 0.834. The minimum absolute atomic E-state index is 0.0387. The Labute approximate surface area is 112 Å². The minimum Gasteiger partial charge on any atom is -0.465 e. The Hall–Kier alpha value is -1.99. The van der Waals surface area contributed by atoms with Crippen molar-refractivity contribution in [3.63, 3.8) is 0 Å². The van der Waals surface area contributed by atoms with Crippen molar-refractivity contribution >= 4 is 12.2 Å². The maximum Gasteiger partial charge on any atom is 0.433 e. The lowest BCUT2D eigenvalue weighted by atomic mass is 9.60. The molecular formula is C12H12F3N3O2. The minimum atomic E-state index is -4.44. The van der Waals surface area contributed by atoms with Crippen LogP contribution >= 0.6 is 0 Å². The van der Waals surface area contributed by atoms with Gasteiger partial charge in [-0.2, -0.15) is 18.3 Å². The first kappa shape index (κ1) is 13.0. The summed E-state index contributed by atoms with van der Waals surface area (Å²) in [6, 6.07) is 0. The van der Waals surface area contributed by atoms with Crippen LogP contribution in [0.25, 0.3) is 6.08 Å². The number of carboxylic acid groups (broad SMARTS) is 1. The summed E-state index contributed by atoms with van der Waals surface area (Å²) >= 11 is 0. The second kappa shape index (κ2) is 4.00. The van der Waals surface area contributed by atoms with Crippen LogP contribution in [0.1, 0.15) is 24.1 Å². The van der Waals surface area contributed by atoms with E-state index in [1.807, 2.05) is 5.10 Å². The third-order valence-corrected chi connectivity index (χ3v) is 3.84. The number of alkyl halides is 3. The average Bonchev–Trinajstić information content (AvgIpc) is 2.66. The van der Waals surface area contributed by atoms with Crippen molar-refractivity contribution in [2.24, 2.45) is 5.41 Å². The van der Waals surface area contributed by atoms with E-state index in [0.29, 0.717) is 25.9 Å². The molecule has 2 heterocycles. The number of aromatic nitrogens is 2.